The minimum atomic E-state index is 0.764. The Hall–Kier alpha value is -1.32. The molecule has 0 aliphatic rings. The van der Waals surface area contributed by atoms with Crippen LogP contribution in [0.3, 0.4) is 0 Å². The Balaban J connectivity index is 2.54. The van der Waals surface area contributed by atoms with Crippen LogP contribution in [0.15, 0.2) is 24.4 Å². The van der Waals surface area contributed by atoms with Crippen molar-refractivity contribution >= 4 is 11.6 Å². The smallest absolute Gasteiger partial charge is 0.0672 e. The van der Waals surface area contributed by atoms with Crippen LogP contribution in [0.25, 0.3) is 11.1 Å². The molecule has 1 aromatic heterocycles. The molecule has 0 saturated carbocycles. The van der Waals surface area contributed by atoms with Crippen molar-refractivity contribution in [3.05, 3.63) is 40.7 Å². The summed E-state index contributed by atoms with van der Waals surface area (Å²) in [4.78, 5) is 0. The lowest BCUT2D eigenvalue weighted by molar-refractivity contribution is 0.756. The zero-order valence-electron chi connectivity index (χ0n) is 10.3. The van der Waals surface area contributed by atoms with Gasteiger partial charge in [0.2, 0.25) is 0 Å². The van der Waals surface area contributed by atoms with Crippen molar-refractivity contribution in [1.82, 2.24) is 15.1 Å². The van der Waals surface area contributed by atoms with Crippen LogP contribution in [0.2, 0.25) is 5.02 Å². The van der Waals surface area contributed by atoms with Crippen molar-refractivity contribution < 1.29 is 0 Å². The van der Waals surface area contributed by atoms with E-state index in [1.165, 1.54) is 11.1 Å². The first-order chi connectivity index (χ1) is 8.11. The molecule has 0 saturated heterocycles. The average Bonchev–Trinajstić information content (AvgIpc) is 2.59. The monoisotopic (exact) mass is 249 g/mol. The molecule has 0 bridgehead atoms. The fourth-order valence-electron chi connectivity index (χ4n) is 2.03. The minimum absolute atomic E-state index is 0.764. The van der Waals surface area contributed by atoms with Crippen LogP contribution in [0.4, 0.5) is 0 Å². The minimum Gasteiger partial charge on any atom is -0.316 e. The molecule has 0 radical (unpaired) electrons. The van der Waals surface area contributed by atoms with Gasteiger partial charge >= 0.3 is 0 Å². The van der Waals surface area contributed by atoms with E-state index in [-0.39, 0.29) is 0 Å². The number of aryl methyl sites for hydroxylation is 2. The van der Waals surface area contributed by atoms with Crippen molar-refractivity contribution in [2.24, 2.45) is 7.05 Å². The lowest BCUT2D eigenvalue weighted by atomic mass is 10.0. The van der Waals surface area contributed by atoms with Gasteiger partial charge in [-0.2, -0.15) is 5.10 Å². The maximum atomic E-state index is 6.04. The second-order valence-electron chi connectivity index (χ2n) is 4.13. The van der Waals surface area contributed by atoms with Crippen LogP contribution in [0.1, 0.15) is 11.3 Å². The van der Waals surface area contributed by atoms with Crippen LogP contribution in [0.5, 0.6) is 0 Å². The molecule has 4 heteroatoms. The zero-order chi connectivity index (χ0) is 12.4. The van der Waals surface area contributed by atoms with Crippen LogP contribution >= 0.6 is 11.6 Å². The zero-order valence-corrected chi connectivity index (χ0v) is 11.0. The van der Waals surface area contributed by atoms with Gasteiger partial charge in [0.05, 0.1) is 5.69 Å². The van der Waals surface area contributed by atoms with Gasteiger partial charge in [0.25, 0.3) is 0 Å². The summed E-state index contributed by atoms with van der Waals surface area (Å²) in [6.45, 7) is 2.82. The Morgan fingerprint density at radius 2 is 2.12 bits per heavy atom. The summed E-state index contributed by atoms with van der Waals surface area (Å²) in [5, 5.41) is 8.30. The van der Waals surface area contributed by atoms with E-state index >= 15 is 0 Å². The molecule has 0 spiro atoms. The van der Waals surface area contributed by atoms with E-state index in [1.807, 2.05) is 44.0 Å². The second kappa shape index (κ2) is 4.90. The van der Waals surface area contributed by atoms with Gasteiger partial charge in [-0.1, -0.05) is 17.7 Å². The molecular formula is C13H16ClN3. The van der Waals surface area contributed by atoms with Gasteiger partial charge in [0.1, 0.15) is 0 Å². The topological polar surface area (TPSA) is 29.9 Å². The van der Waals surface area contributed by atoms with E-state index in [1.54, 1.807) is 0 Å². The molecule has 2 rings (SSSR count). The Labute approximate surface area is 106 Å². The highest BCUT2D eigenvalue weighted by atomic mass is 35.5. The molecule has 1 heterocycles. The molecule has 0 aliphatic heterocycles. The highest BCUT2D eigenvalue weighted by molar-refractivity contribution is 6.30. The van der Waals surface area contributed by atoms with Crippen LogP contribution < -0.4 is 5.32 Å². The van der Waals surface area contributed by atoms with Gasteiger partial charge in [-0.3, -0.25) is 4.68 Å². The average molecular weight is 250 g/mol. The second-order valence-corrected chi connectivity index (χ2v) is 4.57. The number of nitrogens with zero attached hydrogens (tertiary/aromatic N) is 2. The molecule has 0 aliphatic carbocycles. The molecule has 3 nitrogen and oxygen atoms in total. The maximum absolute atomic E-state index is 6.04. The Morgan fingerprint density at radius 3 is 2.71 bits per heavy atom. The van der Waals surface area contributed by atoms with Crippen molar-refractivity contribution in [2.45, 2.75) is 13.5 Å². The van der Waals surface area contributed by atoms with Crippen molar-refractivity contribution in [1.29, 1.82) is 0 Å². The van der Waals surface area contributed by atoms with Crippen LogP contribution in [0, 0.1) is 6.92 Å². The van der Waals surface area contributed by atoms with Gasteiger partial charge in [-0.25, -0.2) is 0 Å². The van der Waals surface area contributed by atoms with Crippen molar-refractivity contribution in [3.63, 3.8) is 0 Å². The Kier molecular flexibility index (Phi) is 3.50. The standard InChI is InChI=1S/C13H16ClN3/c1-9-13(8-17(3)16-9)12-5-4-11(14)6-10(12)7-15-2/h4-6,8,15H,7H2,1-3H3. The number of halogens is 1. The predicted octanol–water partition coefficient (Wildman–Crippen LogP) is 2.77. The molecule has 0 atom stereocenters. The highest BCUT2D eigenvalue weighted by Gasteiger charge is 2.10. The largest absolute Gasteiger partial charge is 0.316 e. The van der Waals surface area contributed by atoms with Gasteiger partial charge < -0.3 is 5.32 Å². The van der Waals surface area contributed by atoms with Crippen LogP contribution in [-0.2, 0) is 13.6 Å². The molecule has 2 aromatic rings. The van der Waals surface area contributed by atoms with E-state index < -0.39 is 0 Å². The summed E-state index contributed by atoms with van der Waals surface area (Å²) in [6.07, 6.45) is 2.04. The first-order valence-electron chi connectivity index (χ1n) is 5.55. The first kappa shape index (κ1) is 12.1. The summed E-state index contributed by atoms with van der Waals surface area (Å²) in [7, 11) is 3.87. The molecule has 1 N–H and O–H groups in total. The molecule has 1 aromatic carbocycles. The van der Waals surface area contributed by atoms with Crippen molar-refractivity contribution in [2.75, 3.05) is 7.05 Å². The highest BCUT2D eigenvalue weighted by Crippen LogP contribution is 2.28. The van der Waals surface area contributed by atoms with Gasteiger partial charge in [0, 0.05) is 30.4 Å². The van der Waals surface area contributed by atoms with E-state index in [2.05, 4.69) is 16.5 Å². The summed E-state index contributed by atoms with van der Waals surface area (Å²) in [5.74, 6) is 0. The van der Waals surface area contributed by atoms with Gasteiger partial charge in [-0.05, 0) is 37.2 Å². The lowest BCUT2D eigenvalue weighted by Gasteiger charge is -2.09. The molecule has 0 fully saturated rings. The van der Waals surface area contributed by atoms with E-state index in [0.29, 0.717) is 0 Å². The molecule has 90 valence electrons. The fourth-order valence-corrected chi connectivity index (χ4v) is 2.22. The number of hydrogen-bond donors (Lipinski definition) is 1. The molecule has 17 heavy (non-hydrogen) atoms. The van der Waals surface area contributed by atoms with E-state index in [0.717, 1.165) is 22.8 Å². The number of rotatable bonds is 3. The third-order valence-electron chi connectivity index (χ3n) is 2.74. The van der Waals surface area contributed by atoms with E-state index in [9.17, 15) is 0 Å². The van der Waals surface area contributed by atoms with Crippen LogP contribution in [-0.4, -0.2) is 16.8 Å². The van der Waals surface area contributed by atoms with E-state index in [4.69, 9.17) is 11.6 Å². The quantitative estimate of drug-likeness (QED) is 0.907. The molecule has 0 amide bonds. The number of aromatic nitrogens is 2. The Bertz CT molecular complexity index is 531. The summed E-state index contributed by atoms with van der Waals surface area (Å²) >= 11 is 6.04. The first-order valence-corrected chi connectivity index (χ1v) is 5.93. The summed E-state index contributed by atoms with van der Waals surface area (Å²) < 4.78 is 1.84. The number of benzene rings is 1. The third kappa shape index (κ3) is 2.51. The Morgan fingerprint density at radius 1 is 1.35 bits per heavy atom. The summed E-state index contributed by atoms with van der Waals surface area (Å²) in [6, 6.07) is 5.97. The number of hydrogen-bond acceptors (Lipinski definition) is 2. The number of nitrogens with one attached hydrogen (secondary N) is 1. The predicted molar refractivity (Wildman–Crippen MR) is 71.2 cm³/mol. The third-order valence-corrected chi connectivity index (χ3v) is 2.97. The van der Waals surface area contributed by atoms with Gasteiger partial charge in [-0.15, -0.1) is 0 Å². The maximum Gasteiger partial charge on any atom is 0.0672 e. The fraction of sp³-hybridized carbons (Fsp3) is 0.308. The van der Waals surface area contributed by atoms with Crippen molar-refractivity contribution in [3.8, 4) is 11.1 Å². The van der Waals surface area contributed by atoms with Gasteiger partial charge in [0.15, 0.2) is 0 Å². The summed E-state index contributed by atoms with van der Waals surface area (Å²) in [5.41, 5.74) is 4.58. The molecular weight excluding hydrogens is 234 g/mol. The SMILES string of the molecule is CNCc1cc(Cl)ccc1-c1cn(C)nc1C. The lowest BCUT2D eigenvalue weighted by Crippen LogP contribution is -2.06. The molecule has 0 unspecified atom stereocenters. The normalized spacial score (nSPS) is 10.8.